The molecule has 0 amide bonds. The summed E-state index contributed by atoms with van der Waals surface area (Å²) in [6, 6.07) is 1.89. The van der Waals surface area contributed by atoms with Crippen LogP contribution in [0.1, 0.15) is 13.3 Å². The summed E-state index contributed by atoms with van der Waals surface area (Å²) in [5.74, 6) is -0.618. The van der Waals surface area contributed by atoms with E-state index in [4.69, 9.17) is 19.5 Å². The molecule has 0 bridgehead atoms. The molecule has 5 nitrogen and oxygen atoms in total. The second kappa shape index (κ2) is 4.54. The van der Waals surface area contributed by atoms with Gasteiger partial charge in [-0.15, -0.1) is 0 Å². The van der Waals surface area contributed by atoms with Crippen molar-refractivity contribution in [3.05, 3.63) is 11.8 Å². The molecule has 0 N–H and O–H groups in total. The number of rotatable bonds is 2. The number of nitrogens with zero attached hydrogens (tertiary/aromatic N) is 1. The molecule has 2 aliphatic heterocycles. The highest BCUT2D eigenvalue weighted by Crippen LogP contribution is 2.36. The zero-order valence-corrected chi connectivity index (χ0v) is 9.01. The van der Waals surface area contributed by atoms with Crippen LogP contribution in [-0.4, -0.2) is 25.5 Å². The number of carbonyl (C=O) groups is 1. The number of ether oxygens (including phenoxy) is 3. The van der Waals surface area contributed by atoms with E-state index >= 15 is 0 Å². The molecule has 0 aromatic heterocycles. The molecule has 86 valence electrons. The monoisotopic (exact) mass is 223 g/mol. The lowest BCUT2D eigenvalue weighted by molar-refractivity contribution is -0.158. The average molecular weight is 223 g/mol. The van der Waals surface area contributed by atoms with Crippen molar-refractivity contribution in [3.63, 3.8) is 0 Å². The maximum Gasteiger partial charge on any atom is 0.313 e. The quantitative estimate of drug-likeness (QED) is 0.652. The van der Waals surface area contributed by atoms with Gasteiger partial charge in [-0.1, -0.05) is 0 Å². The number of nitriles is 1. The maximum absolute atomic E-state index is 11.7. The number of esters is 1. The molecule has 16 heavy (non-hydrogen) atoms. The zero-order valence-electron chi connectivity index (χ0n) is 9.01. The molecule has 3 atom stereocenters. The summed E-state index contributed by atoms with van der Waals surface area (Å²) in [6.45, 7) is 2.65. The third-order valence-electron chi connectivity index (χ3n) is 2.79. The zero-order chi connectivity index (χ0) is 11.5. The van der Waals surface area contributed by atoms with Gasteiger partial charge in [-0.2, -0.15) is 5.26 Å². The molecule has 5 heteroatoms. The van der Waals surface area contributed by atoms with Crippen LogP contribution in [0.25, 0.3) is 0 Å². The van der Waals surface area contributed by atoms with E-state index in [0.29, 0.717) is 13.2 Å². The Labute approximate surface area is 93.6 Å². The molecule has 1 saturated heterocycles. The van der Waals surface area contributed by atoms with Crippen molar-refractivity contribution in [3.8, 4) is 6.07 Å². The Morgan fingerprint density at radius 3 is 3.25 bits per heavy atom. The van der Waals surface area contributed by atoms with E-state index in [-0.39, 0.29) is 17.6 Å². The molecule has 0 aromatic rings. The van der Waals surface area contributed by atoms with Gasteiger partial charge < -0.3 is 14.2 Å². The molecule has 0 aromatic carbocycles. The normalized spacial score (nSPS) is 32.0. The van der Waals surface area contributed by atoms with Gasteiger partial charge in [-0.3, -0.25) is 4.79 Å². The summed E-state index contributed by atoms with van der Waals surface area (Å²) < 4.78 is 15.6. The SMILES string of the molecule is CCOC(=O)[C@H]1C=C(C#N)O[C@@H]2OCC[C@@H]21. The van der Waals surface area contributed by atoms with E-state index in [1.54, 1.807) is 6.92 Å². The third kappa shape index (κ3) is 1.89. The molecule has 0 radical (unpaired) electrons. The van der Waals surface area contributed by atoms with Gasteiger partial charge in [0.05, 0.1) is 19.1 Å². The first-order chi connectivity index (χ1) is 7.76. The van der Waals surface area contributed by atoms with Crippen LogP contribution in [0.4, 0.5) is 0 Å². The van der Waals surface area contributed by atoms with Crippen LogP contribution in [0.3, 0.4) is 0 Å². The molecule has 2 heterocycles. The number of fused-ring (bicyclic) bond motifs is 1. The molecular weight excluding hydrogens is 210 g/mol. The molecule has 2 aliphatic rings. The minimum Gasteiger partial charge on any atom is -0.466 e. The number of hydrogen-bond acceptors (Lipinski definition) is 5. The van der Waals surface area contributed by atoms with Gasteiger partial charge in [0.2, 0.25) is 6.29 Å². The Morgan fingerprint density at radius 1 is 1.75 bits per heavy atom. The van der Waals surface area contributed by atoms with E-state index in [1.807, 2.05) is 6.07 Å². The van der Waals surface area contributed by atoms with E-state index in [1.165, 1.54) is 6.08 Å². The molecule has 2 rings (SSSR count). The first kappa shape index (κ1) is 11.0. The van der Waals surface area contributed by atoms with Gasteiger partial charge in [-0.05, 0) is 19.4 Å². The van der Waals surface area contributed by atoms with Crippen LogP contribution < -0.4 is 0 Å². The highest BCUT2D eigenvalue weighted by Gasteiger charge is 2.43. The molecule has 0 spiro atoms. The Bertz CT molecular complexity index is 357. The summed E-state index contributed by atoms with van der Waals surface area (Å²) >= 11 is 0. The Kier molecular flexibility index (Phi) is 3.11. The highest BCUT2D eigenvalue weighted by molar-refractivity contribution is 5.75. The lowest BCUT2D eigenvalue weighted by Crippen LogP contribution is -2.35. The van der Waals surface area contributed by atoms with Crippen LogP contribution in [0.15, 0.2) is 11.8 Å². The van der Waals surface area contributed by atoms with Crippen molar-refractivity contribution in [1.82, 2.24) is 0 Å². The summed E-state index contributed by atoms with van der Waals surface area (Å²) in [7, 11) is 0. The largest absolute Gasteiger partial charge is 0.466 e. The minimum absolute atomic E-state index is 0.0313. The van der Waals surface area contributed by atoms with Gasteiger partial charge >= 0.3 is 5.97 Å². The standard InChI is InChI=1S/C11H13NO4/c1-2-14-10(13)9-5-7(6-12)16-11-8(9)3-4-15-11/h5,8-9,11H,2-4H2,1H3/t8-,9+,11+/m1/s1. The van der Waals surface area contributed by atoms with Crippen LogP contribution >= 0.6 is 0 Å². The van der Waals surface area contributed by atoms with Crippen molar-refractivity contribution in [2.45, 2.75) is 19.6 Å². The van der Waals surface area contributed by atoms with Crippen molar-refractivity contribution in [2.75, 3.05) is 13.2 Å². The fraction of sp³-hybridized carbons (Fsp3) is 0.636. The Hall–Kier alpha value is -1.54. The third-order valence-corrected chi connectivity index (χ3v) is 2.79. The molecule has 1 fully saturated rings. The fourth-order valence-electron chi connectivity index (χ4n) is 2.05. The number of carbonyl (C=O) groups excluding carboxylic acids is 1. The smallest absolute Gasteiger partial charge is 0.313 e. The van der Waals surface area contributed by atoms with Crippen molar-refractivity contribution in [1.29, 1.82) is 5.26 Å². The van der Waals surface area contributed by atoms with Crippen LogP contribution in [0, 0.1) is 23.2 Å². The van der Waals surface area contributed by atoms with Crippen LogP contribution in [0.2, 0.25) is 0 Å². The lowest BCUT2D eigenvalue weighted by Gasteiger charge is -2.28. The van der Waals surface area contributed by atoms with Crippen molar-refractivity contribution in [2.24, 2.45) is 11.8 Å². The molecule has 0 saturated carbocycles. The molecule has 0 unspecified atom stereocenters. The summed E-state index contributed by atoms with van der Waals surface area (Å²) in [6.07, 6.45) is 1.81. The van der Waals surface area contributed by atoms with E-state index < -0.39 is 12.2 Å². The molecular formula is C11H13NO4. The second-order valence-electron chi connectivity index (χ2n) is 3.73. The lowest BCUT2D eigenvalue weighted by atomic mass is 9.88. The van der Waals surface area contributed by atoms with Gasteiger partial charge in [0.25, 0.3) is 0 Å². The topological polar surface area (TPSA) is 68.6 Å². The maximum atomic E-state index is 11.7. The highest BCUT2D eigenvalue weighted by atomic mass is 16.7. The summed E-state index contributed by atoms with van der Waals surface area (Å²) in [5, 5.41) is 8.79. The Morgan fingerprint density at radius 2 is 2.56 bits per heavy atom. The van der Waals surface area contributed by atoms with Gasteiger partial charge in [0, 0.05) is 5.92 Å². The van der Waals surface area contributed by atoms with Crippen LogP contribution in [-0.2, 0) is 19.0 Å². The predicted molar refractivity (Wildman–Crippen MR) is 52.8 cm³/mol. The van der Waals surface area contributed by atoms with Crippen molar-refractivity contribution >= 4 is 5.97 Å². The summed E-state index contributed by atoms with van der Waals surface area (Å²) in [5.41, 5.74) is 0. The predicted octanol–water partition coefficient (Wildman–Crippen LogP) is 0.966. The Balaban J connectivity index is 2.19. The molecule has 0 aliphatic carbocycles. The number of allylic oxidation sites excluding steroid dienone is 1. The summed E-state index contributed by atoms with van der Waals surface area (Å²) in [4.78, 5) is 11.7. The van der Waals surface area contributed by atoms with Gasteiger partial charge in [0.1, 0.15) is 6.07 Å². The first-order valence-corrected chi connectivity index (χ1v) is 5.33. The second-order valence-corrected chi connectivity index (χ2v) is 3.73. The van der Waals surface area contributed by atoms with E-state index in [2.05, 4.69) is 0 Å². The number of hydrogen-bond donors (Lipinski definition) is 0. The first-order valence-electron chi connectivity index (χ1n) is 5.33. The van der Waals surface area contributed by atoms with E-state index in [0.717, 1.165) is 6.42 Å². The van der Waals surface area contributed by atoms with Crippen LogP contribution in [0.5, 0.6) is 0 Å². The van der Waals surface area contributed by atoms with Crippen molar-refractivity contribution < 1.29 is 19.0 Å². The van der Waals surface area contributed by atoms with Gasteiger partial charge in [-0.25, -0.2) is 0 Å². The average Bonchev–Trinajstić information content (AvgIpc) is 2.75. The fourth-order valence-corrected chi connectivity index (χ4v) is 2.05. The van der Waals surface area contributed by atoms with Gasteiger partial charge in [0.15, 0.2) is 5.76 Å². The van der Waals surface area contributed by atoms with E-state index in [9.17, 15) is 4.79 Å². The minimum atomic E-state index is -0.478.